The first-order valence-corrected chi connectivity index (χ1v) is 10.3. The van der Waals surface area contributed by atoms with Gasteiger partial charge in [0.05, 0.1) is 11.4 Å². The van der Waals surface area contributed by atoms with Gasteiger partial charge in [0, 0.05) is 24.0 Å². The molecule has 160 valence electrons. The van der Waals surface area contributed by atoms with Crippen LogP contribution in [-0.2, 0) is 28.8 Å². The summed E-state index contributed by atoms with van der Waals surface area (Å²) in [5, 5.41) is 14.4. The van der Waals surface area contributed by atoms with E-state index in [0.717, 1.165) is 33.7 Å². The Labute approximate surface area is 179 Å². The number of oxazole rings is 1. The van der Waals surface area contributed by atoms with Crippen molar-refractivity contribution in [2.24, 2.45) is 0 Å². The standard InChI is InChI=1S/C24H24N2O5/c1-3-29-22(24(27)28)14-16-9-10-18-20(26-31-21(18)13-16)12-11-19-15(2)30-23(25-19)17-7-5-4-6-8-17/h4-10,13,22H,3,11-12,14H2,1-2H3,(H,27,28). The van der Waals surface area contributed by atoms with E-state index in [0.29, 0.717) is 30.9 Å². The summed E-state index contributed by atoms with van der Waals surface area (Å²) in [4.78, 5) is 16.0. The second-order valence-electron chi connectivity index (χ2n) is 7.33. The molecular weight excluding hydrogens is 396 g/mol. The van der Waals surface area contributed by atoms with Crippen molar-refractivity contribution in [2.75, 3.05) is 6.61 Å². The molecule has 0 aliphatic carbocycles. The average molecular weight is 420 g/mol. The number of fused-ring (bicyclic) bond motifs is 1. The second-order valence-corrected chi connectivity index (χ2v) is 7.33. The van der Waals surface area contributed by atoms with Crippen molar-refractivity contribution in [3.8, 4) is 11.5 Å². The molecule has 0 aliphatic rings. The highest BCUT2D eigenvalue weighted by atomic mass is 16.5. The lowest BCUT2D eigenvalue weighted by Crippen LogP contribution is -2.26. The number of nitrogens with zero attached hydrogens (tertiary/aromatic N) is 2. The molecule has 1 atom stereocenters. The van der Waals surface area contributed by atoms with Crippen molar-refractivity contribution in [2.45, 2.75) is 39.2 Å². The Morgan fingerprint density at radius 3 is 2.65 bits per heavy atom. The smallest absolute Gasteiger partial charge is 0.333 e. The fourth-order valence-corrected chi connectivity index (χ4v) is 3.58. The van der Waals surface area contributed by atoms with E-state index in [9.17, 15) is 9.90 Å². The van der Waals surface area contributed by atoms with E-state index in [2.05, 4.69) is 10.1 Å². The number of carboxylic acids is 1. The summed E-state index contributed by atoms with van der Waals surface area (Å²) >= 11 is 0. The number of hydrogen-bond donors (Lipinski definition) is 1. The predicted octanol–water partition coefficient (Wildman–Crippen LogP) is 4.61. The predicted molar refractivity (Wildman–Crippen MR) is 115 cm³/mol. The van der Waals surface area contributed by atoms with Crippen molar-refractivity contribution < 1.29 is 23.6 Å². The zero-order valence-electron chi connectivity index (χ0n) is 17.5. The number of benzene rings is 2. The number of aliphatic carboxylic acids is 1. The zero-order chi connectivity index (χ0) is 21.8. The normalized spacial score (nSPS) is 12.3. The second kappa shape index (κ2) is 9.14. The van der Waals surface area contributed by atoms with Crippen LogP contribution in [0, 0.1) is 6.92 Å². The highest BCUT2D eigenvalue weighted by Crippen LogP contribution is 2.25. The summed E-state index contributed by atoms with van der Waals surface area (Å²) in [5.41, 5.74) is 4.14. The van der Waals surface area contributed by atoms with Gasteiger partial charge < -0.3 is 18.8 Å². The van der Waals surface area contributed by atoms with E-state index in [1.54, 1.807) is 6.92 Å². The lowest BCUT2D eigenvalue weighted by Gasteiger charge is -2.12. The van der Waals surface area contributed by atoms with Gasteiger partial charge in [-0.25, -0.2) is 9.78 Å². The SMILES string of the molecule is CCOC(Cc1ccc2c(CCc3nc(-c4ccccc4)oc3C)noc2c1)C(=O)O. The number of aromatic nitrogens is 2. The Bertz CT molecular complexity index is 1180. The molecule has 4 aromatic rings. The van der Waals surface area contributed by atoms with Crippen LogP contribution in [0.1, 0.15) is 29.6 Å². The third-order valence-electron chi connectivity index (χ3n) is 5.19. The Balaban J connectivity index is 1.47. The molecule has 0 bridgehead atoms. The number of aryl methyl sites for hydroxylation is 3. The summed E-state index contributed by atoms with van der Waals surface area (Å²) in [7, 11) is 0. The number of ether oxygens (including phenoxy) is 1. The van der Waals surface area contributed by atoms with E-state index in [1.807, 2.05) is 55.5 Å². The van der Waals surface area contributed by atoms with Crippen molar-refractivity contribution in [1.29, 1.82) is 0 Å². The molecule has 2 aromatic carbocycles. The lowest BCUT2D eigenvalue weighted by molar-refractivity contribution is -0.149. The van der Waals surface area contributed by atoms with Gasteiger partial charge in [0.2, 0.25) is 5.89 Å². The Morgan fingerprint density at radius 1 is 1.13 bits per heavy atom. The van der Waals surface area contributed by atoms with Crippen LogP contribution < -0.4 is 0 Å². The average Bonchev–Trinajstić information content (AvgIpc) is 3.35. The Hall–Kier alpha value is -3.45. The van der Waals surface area contributed by atoms with Gasteiger partial charge in [0.1, 0.15) is 5.76 Å². The maximum atomic E-state index is 11.3. The van der Waals surface area contributed by atoms with Crippen molar-refractivity contribution in [1.82, 2.24) is 10.1 Å². The number of carboxylic acid groups (broad SMARTS) is 1. The third kappa shape index (κ3) is 4.67. The van der Waals surface area contributed by atoms with Gasteiger partial charge in [-0.2, -0.15) is 0 Å². The highest BCUT2D eigenvalue weighted by molar-refractivity contribution is 5.80. The van der Waals surface area contributed by atoms with E-state index < -0.39 is 12.1 Å². The molecule has 0 spiro atoms. The molecule has 7 heteroatoms. The topological polar surface area (TPSA) is 98.6 Å². The quantitative estimate of drug-likeness (QED) is 0.422. The van der Waals surface area contributed by atoms with Gasteiger partial charge in [-0.1, -0.05) is 29.4 Å². The minimum atomic E-state index is -0.974. The van der Waals surface area contributed by atoms with Crippen LogP contribution in [0.3, 0.4) is 0 Å². The number of hydrogen-bond acceptors (Lipinski definition) is 6. The number of rotatable bonds is 9. The van der Waals surface area contributed by atoms with Crippen molar-refractivity contribution >= 4 is 16.9 Å². The molecule has 0 amide bonds. The van der Waals surface area contributed by atoms with Crippen LogP contribution in [0.5, 0.6) is 0 Å². The van der Waals surface area contributed by atoms with E-state index in [1.165, 1.54) is 0 Å². The molecular formula is C24H24N2O5. The maximum Gasteiger partial charge on any atom is 0.333 e. The lowest BCUT2D eigenvalue weighted by atomic mass is 10.0. The molecule has 0 fully saturated rings. The monoisotopic (exact) mass is 420 g/mol. The molecule has 0 aliphatic heterocycles. The summed E-state index contributed by atoms with van der Waals surface area (Å²) in [6, 6.07) is 15.5. The molecule has 2 aromatic heterocycles. The molecule has 0 saturated heterocycles. The summed E-state index contributed by atoms with van der Waals surface area (Å²) in [5.74, 6) is 0.438. The largest absolute Gasteiger partial charge is 0.479 e. The molecule has 1 unspecified atom stereocenters. The highest BCUT2D eigenvalue weighted by Gasteiger charge is 2.19. The molecule has 31 heavy (non-hydrogen) atoms. The molecule has 0 saturated carbocycles. The fourth-order valence-electron chi connectivity index (χ4n) is 3.58. The Morgan fingerprint density at radius 2 is 1.90 bits per heavy atom. The van der Waals surface area contributed by atoms with Crippen molar-refractivity contribution in [3.05, 3.63) is 71.2 Å². The summed E-state index contributed by atoms with van der Waals surface area (Å²) in [6.07, 6.45) is 0.732. The number of carbonyl (C=O) groups is 1. The molecule has 4 rings (SSSR count). The minimum absolute atomic E-state index is 0.273. The van der Waals surface area contributed by atoms with E-state index in [-0.39, 0.29) is 6.42 Å². The van der Waals surface area contributed by atoms with Gasteiger partial charge in [0.15, 0.2) is 11.7 Å². The van der Waals surface area contributed by atoms with Crippen LogP contribution >= 0.6 is 0 Å². The minimum Gasteiger partial charge on any atom is -0.479 e. The summed E-state index contributed by atoms with van der Waals surface area (Å²) in [6.45, 7) is 4.04. The van der Waals surface area contributed by atoms with Crippen LogP contribution in [0.4, 0.5) is 0 Å². The van der Waals surface area contributed by atoms with Crippen LogP contribution in [-0.4, -0.2) is 33.9 Å². The molecule has 1 N–H and O–H groups in total. The first-order valence-electron chi connectivity index (χ1n) is 10.3. The van der Waals surface area contributed by atoms with Crippen molar-refractivity contribution in [3.63, 3.8) is 0 Å². The van der Waals surface area contributed by atoms with Gasteiger partial charge in [-0.15, -0.1) is 0 Å². The van der Waals surface area contributed by atoms with Gasteiger partial charge in [0.25, 0.3) is 0 Å². The van der Waals surface area contributed by atoms with Gasteiger partial charge in [-0.05, 0) is 56.5 Å². The van der Waals surface area contributed by atoms with Crippen LogP contribution in [0.2, 0.25) is 0 Å². The van der Waals surface area contributed by atoms with Crippen LogP contribution in [0.25, 0.3) is 22.4 Å². The van der Waals surface area contributed by atoms with E-state index in [4.69, 9.17) is 13.7 Å². The van der Waals surface area contributed by atoms with Crippen LogP contribution in [0.15, 0.2) is 57.5 Å². The zero-order valence-corrected chi connectivity index (χ0v) is 17.5. The van der Waals surface area contributed by atoms with Gasteiger partial charge >= 0.3 is 5.97 Å². The first-order chi connectivity index (χ1) is 15.0. The van der Waals surface area contributed by atoms with E-state index >= 15 is 0 Å². The Kier molecular flexibility index (Phi) is 6.13. The summed E-state index contributed by atoms with van der Waals surface area (Å²) < 4.78 is 16.6. The fraction of sp³-hybridized carbons (Fsp3) is 0.292. The molecule has 0 radical (unpaired) electrons. The molecule has 2 heterocycles. The first kappa shape index (κ1) is 20.8. The third-order valence-corrected chi connectivity index (χ3v) is 5.19. The molecule has 7 nitrogen and oxygen atoms in total. The van der Waals surface area contributed by atoms with Gasteiger partial charge in [-0.3, -0.25) is 0 Å². The maximum absolute atomic E-state index is 11.3.